The molecule has 7 nitrogen and oxygen atoms in total. The molecule has 0 spiro atoms. The molecule has 1 unspecified atom stereocenters. The monoisotopic (exact) mass is 638 g/mol. The molecular formula is C30H28Cl2F4N4O3. The summed E-state index contributed by atoms with van der Waals surface area (Å²) < 4.78 is 57.4. The van der Waals surface area contributed by atoms with Gasteiger partial charge in [0.1, 0.15) is 6.61 Å². The van der Waals surface area contributed by atoms with Gasteiger partial charge in [0.25, 0.3) is 11.5 Å². The van der Waals surface area contributed by atoms with Crippen molar-refractivity contribution < 1.29 is 32.0 Å². The van der Waals surface area contributed by atoms with Crippen LogP contribution in [0.1, 0.15) is 47.2 Å². The molecule has 43 heavy (non-hydrogen) atoms. The molecule has 3 aromatic carbocycles. The Balaban J connectivity index is 1.30. The number of hydrogen-bond acceptors (Lipinski definition) is 6. The fourth-order valence-corrected chi connectivity index (χ4v) is 5.80. The standard InChI is InChI=1S/C30H28Cl2F4N4O3/c31-24-16-19(17-25(32)27(24)33)29(30(34,35)36)18-26(39-43-29)22-8-9-23(21-7-3-2-6-20(21)22)28(41)37-10-11-38-42-15-14-40-12-4-1-5-13-40/h2-3,6-9,11,16-17H,1,4-5,10,12-15,18H2,(H,37,41). The van der Waals surface area contributed by atoms with Crippen molar-refractivity contribution >= 4 is 51.8 Å². The van der Waals surface area contributed by atoms with Crippen LogP contribution in [-0.4, -0.2) is 61.7 Å². The molecular weight excluding hydrogens is 611 g/mol. The average Bonchev–Trinajstić information content (AvgIpc) is 3.46. The number of benzene rings is 3. The van der Waals surface area contributed by atoms with E-state index >= 15 is 0 Å². The second-order valence-electron chi connectivity index (χ2n) is 10.3. The Kier molecular flexibility index (Phi) is 9.43. The maximum absolute atomic E-state index is 14.5. The summed E-state index contributed by atoms with van der Waals surface area (Å²) in [5.41, 5.74) is -2.76. The Morgan fingerprint density at radius 2 is 1.79 bits per heavy atom. The number of carbonyl (C=O) groups is 1. The number of hydrogen-bond donors (Lipinski definition) is 1. The van der Waals surface area contributed by atoms with Crippen molar-refractivity contribution in [2.75, 3.05) is 32.8 Å². The van der Waals surface area contributed by atoms with Crippen molar-refractivity contribution in [2.24, 2.45) is 10.3 Å². The third-order valence-electron chi connectivity index (χ3n) is 7.57. The molecule has 0 aromatic heterocycles. The minimum atomic E-state index is -4.95. The van der Waals surface area contributed by atoms with Gasteiger partial charge in [0, 0.05) is 29.7 Å². The number of amides is 1. The lowest BCUT2D eigenvalue weighted by molar-refractivity contribution is -0.275. The molecule has 0 bridgehead atoms. The van der Waals surface area contributed by atoms with Gasteiger partial charge in [-0.25, -0.2) is 4.39 Å². The van der Waals surface area contributed by atoms with Crippen molar-refractivity contribution in [2.45, 2.75) is 37.5 Å². The van der Waals surface area contributed by atoms with Crippen molar-refractivity contribution in [3.63, 3.8) is 0 Å². The van der Waals surface area contributed by atoms with Gasteiger partial charge < -0.3 is 15.0 Å². The minimum absolute atomic E-state index is 0.00844. The Hall–Kier alpha value is -3.41. The molecule has 1 atom stereocenters. The first-order valence-corrected chi connectivity index (χ1v) is 14.5. The summed E-state index contributed by atoms with van der Waals surface area (Å²) in [5.74, 6) is -1.43. The number of alkyl halides is 3. The Labute approximate surface area is 255 Å². The number of fused-ring (bicyclic) bond motifs is 1. The van der Waals surface area contributed by atoms with Gasteiger partial charge in [-0.05, 0) is 54.9 Å². The van der Waals surface area contributed by atoms with Crippen LogP contribution in [0, 0.1) is 5.82 Å². The van der Waals surface area contributed by atoms with Crippen LogP contribution in [0.5, 0.6) is 0 Å². The molecule has 13 heteroatoms. The number of rotatable bonds is 9. The number of likely N-dealkylation sites (tertiary alicyclic amines) is 1. The summed E-state index contributed by atoms with van der Waals surface area (Å²) >= 11 is 11.6. The molecule has 0 radical (unpaired) electrons. The number of oxime groups is 2. The molecule has 5 rings (SSSR count). The van der Waals surface area contributed by atoms with Gasteiger partial charge >= 0.3 is 6.18 Å². The molecule has 0 saturated carbocycles. The van der Waals surface area contributed by atoms with E-state index in [1.807, 2.05) is 0 Å². The minimum Gasteiger partial charge on any atom is -0.395 e. The summed E-state index contributed by atoms with van der Waals surface area (Å²) in [4.78, 5) is 25.7. The zero-order valence-electron chi connectivity index (χ0n) is 22.9. The average molecular weight is 639 g/mol. The SMILES string of the molecule is O=C(NCC=NOCCN1CCCCC1)c1ccc(C2=NOC(c3cc(Cl)c(F)c(Cl)c3)(C(F)(F)F)C2)c2ccccc12. The van der Waals surface area contributed by atoms with E-state index in [1.54, 1.807) is 24.3 Å². The fraction of sp³-hybridized carbons (Fsp3) is 0.367. The topological polar surface area (TPSA) is 75.5 Å². The highest BCUT2D eigenvalue weighted by Gasteiger charge is 2.62. The van der Waals surface area contributed by atoms with E-state index in [2.05, 4.69) is 20.5 Å². The molecule has 1 amide bonds. The Morgan fingerprint density at radius 3 is 2.49 bits per heavy atom. The molecule has 228 valence electrons. The largest absolute Gasteiger partial charge is 0.435 e. The normalized spacial score (nSPS) is 19.4. The lowest BCUT2D eigenvalue weighted by Crippen LogP contribution is -2.42. The highest BCUT2D eigenvalue weighted by Crippen LogP contribution is 2.50. The molecule has 0 aliphatic carbocycles. The maximum atomic E-state index is 14.5. The highest BCUT2D eigenvalue weighted by atomic mass is 35.5. The van der Waals surface area contributed by atoms with E-state index in [4.69, 9.17) is 32.9 Å². The third-order valence-corrected chi connectivity index (χ3v) is 8.12. The van der Waals surface area contributed by atoms with Crippen LogP contribution in [0.3, 0.4) is 0 Å². The van der Waals surface area contributed by atoms with Gasteiger partial charge in [0.05, 0.1) is 28.5 Å². The van der Waals surface area contributed by atoms with Gasteiger partial charge in [-0.15, -0.1) is 0 Å². The van der Waals surface area contributed by atoms with Crippen molar-refractivity contribution in [1.82, 2.24) is 10.2 Å². The quantitative estimate of drug-likeness (QED) is 0.0893. The summed E-state index contributed by atoms with van der Waals surface area (Å²) in [6, 6.07) is 11.5. The van der Waals surface area contributed by atoms with E-state index in [1.165, 1.54) is 37.6 Å². The number of carbonyl (C=O) groups excluding carboxylic acids is 1. The Bertz CT molecular complexity index is 1540. The van der Waals surface area contributed by atoms with Crippen LogP contribution in [0.2, 0.25) is 10.0 Å². The predicted molar refractivity (Wildman–Crippen MR) is 157 cm³/mol. The van der Waals surface area contributed by atoms with Crippen LogP contribution < -0.4 is 5.32 Å². The highest BCUT2D eigenvalue weighted by molar-refractivity contribution is 6.35. The summed E-state index contributed by atoms with van der Waals surface area (Å²) in [5, 5.41) is 10.3. The molecule has 3 aromatic rings. The number of nitrogens with one attached hydrogen (secondary N) is 1. The smallest absolute Gasteiger partial charge is 0.395 e. The van der Waals surface area contributed by atoms with E-state index in [-0.39, 0.29) is 12.3 Å². The first-order valence-electron chi connectivity index (χ1n) is 13.7. The van der Waals surface area contributed by atoms with Crippen molar-refractivity contribution in [3.05, 3.63) is 81.1 Å². The van der Waals surface area contributed by atoms with Crippen LogP contribution in [0.15, 0.2) is 58.8 Å². The van der Waals surface area contributed by atoms with Gasteiger partial charge in [0.2, 0.25) is 0 Å². The van der Waals surface area contributed by atoms with Gasteiger partial charge in [-0.1, -0.05) is 70.3 Å². The first kappa shape index (κ1) is 31.0. The third kappa shape index (κ3) is 6.58. The molecule has 2 aliphatic rings. The number of piperidine rings is 1. The van der Waals surface area contributed by atoms with Crippen LogP contribution in [0.4, 0.5) is 17.6 Å². The molecule has 2 aliphatic heterocycles. The lowest BCUT2D eigenvalue weighted by Gasteiger charge is -2.29. The van der Waals surface area contributed by atoms with Gasteiger partial charge in [-0.2, -0.15) is 13.2 Å². The van der Waals surface area contributed by atoms with E-state index in [0.29, 0.717) is 28.5 Å². The summed E-state index contributed by atoms with van der Waals surface area (Å²) in [6.07, 6.45) is -0.558. The van der Waals surface area contributed by atoms with Crippen LogP contribution in [-0.2, 0) is 15.3 Å². The van der Waals surface area contributed by atoms with Crippen LogP contribution >= 0.6 is 23.2 Å². The number of nitrogens with zero attached hydrogens (tertiary/aromatic N) is 3. The molecule has 1 saturated heterocycles. The Morgan fingerprint density at radius 1 is 1.09 bits per heavy atom. The zero-order valence-corrected chi connectivity index (χ0v) is 24.4. The van der Waals surface area contributed by atoms with Crippen molar-refractivity contribution in [1.29, 1.82) is 0 Å². The summed E-state index contributed by atoms with van der Waals surface area (Å²) in [7, 11) is 0. The molecule has 2 heterocycles. The van der Waals surface area contributed by atoms with Gasteiger partial charge in [-0.3, -0.25) is 9.69 Å². The second kappa shape index (κ2) is 13.1. The fourth-order valence-electron chi connectivity index (χ4n) is 5.31. The van der Waals surface area contributed by atoms with Gasteiger partial charge in [0.15, 0.2) is 5.82 Å². The molecule has 1 fully saturated rings. The molecule has 1 N–H and O–H groups in total. The predicted octanol–water partition coefficient (Wildman–Crippen LogP) is 7.09. The van der Waals surface area contributed by atoms with E-state index in [9.17, 15) is 22.4 Å². The van der Waals surface area contributed by atoms with E-state index in [0.717, 1.165) is 31.8 Å². The van der Waals surface area contributed by atoms with E-state index < -0.39 is 45.5 Å². The summed E-state index contributed by atoms with van der Waals surface area (Å²) in [6.45, 7) is 3.51. The van der Waals surface area contributed by atoms with Crippen LogP contribution in [0.25, 0.3) is 10.8 Å². The van der Waals surface area contributed by atoms with Crippen molar-refractivity contribution in [3.8, 4) is 0 Å². The maximum Gasteiger partial charge on any atom is 0.435 e. The lowest BCUT2D eigenvalue weighted by atomic mass is 9.85. The first-order chi connectivity index (χ1) is 20.6. The zero-order chi connectivity index (χ0) is 30.6. The second-order valence-corrected chi connectivity index (χ2v) is 11.1. The number of halogens is 6.